The number of hydrogen-bond acceptors (Lipinski definition) is 2. The number of amides is 2. The van der Waals surface area contributed by atoms with Gasteiger partial charge in [0.1, 0.15) is 0 Å². The molecule has 0 aromatic heterocycles. The fourth-order valence-electron chi connectivity index (χ4n) is 2.34. The molecule has 1 aliphatic heterocycles. The predicted molar refractivity (Wildman–Crippen MR) is 67.2 cm³/mol. The Kier molecular flexibility index (Phi) is 3.78. The molecule has 5 heteroatoms. The molecular weight excluding hydrogens is 232 g/mol. The SMILES string of the molecule is CCN(CC1CC1)C(=O)N1CC(C(C)C(=O)O)C1. The number of hydrogen-bond donors (Lipinski definition) is 1. The van der Waals surface area contributed by atoms with Gasteiger partial charge in [-0.3, -0.25) is 4.79 Å². The van der Waals surface area contributed by atoms with Crippen LogP contribution in [0.2, 0.25) is 0 Å². The van der Waals surface area contributed by atoms with E-state index in [-0.39, 0.29) is 17.9 Å². The summed E-state index contributed by atoms with van der Waals surface area (Å²) in [5.41, 5.74) is 0. The van der Waals surface area contributed by atoms with E-state index in [0.717, 1.165) is 13.1 Å². The number of rotatable bonds is 5. The van der Waals surface area contributed by atoms with Crippen LogP contribution < -0.4 is 0 Å². The van der Waals surface area contributed by atoms with Gasteiger partial charge in [-0.1, -0.05) is 6.92 Å². The van der Waals surface area contributed by atoms with Gasteiger partial charge in [-0.15, -0.1) is 0 Å². The number of nitrogens with zero attached hydrogens (tertiary/aromatic N) is 2. The number of carbonyl (C=O) groups excluding carboxylic acids is 1. The molecule has 1 unspecified atom stereocenters. The molecule has 2 amide bonds. The second kappa shape index (κ2) is 5.16. The van der Waals surface area contributed by atoms with Gasteiger partial charge in [0.25, 0.3) is 0 Å². The lowest BCUT2D eigenvalue weighted by Gasteiger charge is -2.43. The van der Waals surface area contributed by atoms with E-state index in [1.54, 1.807) is 11.8 Å². The summed E-state index contributed by atoms with van der Waals surface area (Å²) in [6.07, 6.45) is 2.48. The van der Waals surface area contributed by atoms with Crippen LogP contribution >= 0.6 is 0 Å². The van der Waals surface area contributed by atoms with Crippen molar-refractivity contribution in [2.45, 2.75) is 26.7 Å². The van der Waals surface area contributed by atoms with Gasteiger partial charge in [-0.25, -0.2) is 4.79 Å². The van der Waals surface area contributed by atoms with Crippen molar-refractivity contribution in [3.63, 3.8) is 0 Å². The Morgan fingerprint density at radius 1 is 1.39 bits per heavy atom. The second-order valence-electron chi connectivity index (χ2n) is 5.56. The van der Waals surface area contributed by atoms with Crippen molar-refractivity contribution in [1.82, 2.24) is 9.80 Å². The highest BCUT2D eigenvalue weighted by atomic mass is 16.4. The lowest BCUT2D eigenvalue weighted by atomic mass is 9.87. The maximum absolute atomic E-state index is 12.2. The normalized spacial score (nSPS) is 21.3. The number of aliphatic carboxylic acids is 1. The Hall–Kier alpha value is -1.26. The fourth-order valence-corrected chi connectivity index (χ4v) is 2.34. The monoisotopic (exact) mass is 254 g/mol. The molecule has 18 heavy (non-hydrogen) atoms. The minimum absolute atomic E-state index is 0.0817. The van der Waals surface area contributed by atoms with Gasteiger partial charge in [0.05, 0.1) is 5.92 Å². The van der Waals surface area contributed by atoms with Crippen LogP contribution in [0.3, 0.4) is 0 Å². The van der Waals surface area contributed by atoms with Crippen molar-refractivity contribution in [1.29, 1.82) is 0 Å². The summed E-state index contributed by atoms with van der Waals surface area (Å²) in [6.45, 7) is 6.50. The average Bonchev–Trinajstić information content (AvgIpc) is 3.06. The van der Waals surface area contributed by atoms with Gasteiger partial charge in [-0.05, 0) is 25.7 Å². The number of carboxylic acid groups (broad SMARTS) is 1. The molecular formula is C13H22N2O3. The third-order valence-corrected chi connectivity index (χ3v) is 4.10. The Morgan fingerprint density at radius 2 is 2.00 bits per heavy atom. The first kappa shape index (κ1) is 13.2. The van der Waals surface area contributed by atoms with Crippen LogP contribution in [0.5, 0.6) is 0 Å². The highest BCUT2D eigenvalue weighted by Crippen LogP contribution is 2.31. The first-order valence-corrected chi connectivity index (χ1v) is 6.79. The molecule has 0 aromatic rings. The largest absolute Gasteiger partial charge is 0.481 e. The molecule has 1 atom stereocenters. The molecule has 0 spiro atoms. The molecule has 5 nitrogen and oxygen atoms in total. The minimum Gasteiger partial charge on any atom is -0.481 e. The Morgan fingerprint density at radius 3 is 2.44 bits per heavy atom. The van der Waals surface area contributed by atoms with E-state index < -0.39 is 5.97 Å². The molecule has 0 aromatic carbocycles. The Balaban J connectivity index is 1.79. The van der Waals surface area contributed by atoms with Crippen molar-refractivity contribution >= 4 is 12.0 Å². The van der Waals surface area contributed by atoms with Crippen molar-refractivity contribution in [2.75, 3.05) is 26.2 Å². The van der Waals surface area contributed by atoms with Gasteiger partial charge in [0.2, 0.25) is 0 Å². The van der Waals surface area contributed by atoms with E-state index in [1.807, 2.05) is 11.8 Å². The van der Waals surface area contributed by atoms with Crippen LogP contribution in [0.1, 0.15) is 26.7 Å². The number of carboxylic acids is 1. The zero-order valence-electron chi connectivity index (χ0n) is 11.1. The summed E-state index contributed by atoms with van der Waals surface area (Å²) in [4.78, 5) is 26.7. The zero-order chi connectivity index (χ0) is 13.3. The molecule has 0 radical (unpaired) electrons. The second-order valence-corrected chi connectivity index (χ2v) is 5.56. The first-order valence-electron chi connectivity index (χ1n) is 6.79. The van der Waals surface area contributed by atoms with Crippen LogP contribution in [0.25, 0.3) is 0 Å². The van der Waals surface area contributed by atoms with E-state index in [0.29, 0.717) is 19.0 Å². The summed E-state index contributed by atoms with van der Waals surface area (Å²) < 4.78 is 0. The molecule has 1 heterocycles. The van der Waals surface area contributed by atoms with Crippen molar-refractivity contribution < 1.29 is 14.7 Å². The smallest absolute Gasteiger partial charge is 0.320 e. The van der Waals surface area contributed by atoms with E-state index in [4.69, 9.17) is 5.11 Å². The first-order chi connectivity index (χ1) is 8.52. The molecule has 1 N–H and O–H groups in total. The molecule has 0 bridgehead atoms. The third kappa shape index (κ3) is 2.76. The summed E-state index contributed by atoms with van der Waals surface area (Å²) >= 11 is 0. The lowest BCUT2D eigenvalue weighted by Crippen LogP contribution is -2.57. The topological polar surface area (TPSA) is 60.9 Å². The predicted octanol–water partition coefficient (Wildman–Crippen LogP) is 1.49. The maximum Gasteiger partial charge on any atom is 0.320 e. The van der Waals surface area contributed by atoms with Crippen molar-refractivity contribution in [2.24, 2.45) is 17.8 Å². The van der Waals surface area contributed by atoms with Crippen LogP contribution in [-0.4, -0.2) is 53.1 Å². The maximum atomic E-state index is 12.2. The van der Waals surface area contributed by atoms with Gasteiger partial charge < -0.3 is 14.9 Å². The molecule has 1 aliphatic carbocycles. The summed E-state index contributed by atoms with van der Waals surface area (Å²) in [7, 11) is 0. The van der Waals surface area contributed by atoms with Crippen molar-refractivity contribution in [3.05, 3.63) is 0 Å². The van der Waals surface area contributed by atoms with Gasteiger partial charge in [0.15, 0.2) is 0 Å². The standard InChI is InChI=1S/C13H22N2O3/c1-3-14(6-10-4-5-10)13(18)15-7-11(8-15)9(2)12(16)17/h9-11H,3-8H2,1-2H3,(H,16,17). The number of carbonyl (C=O) groups is 2. The average molecular weight is 254 g/mol. The summed E-state index contributed by atoms with van der Waals surface area (Å²) in [6, 6.07) is 0.0817. The molecule has 1 saturated carbocycles. The molecule has 2 aliphatic rings. The number of likely N-dealkylation sites (tertiary alicyclic amines) is 1. The van der Waals surface area contributed by atoms with E-state index >= 15 is 0 Å². The fraction of sp³-hybridized carbons (Fsp3) is 0.846. The quantitative estimate of drug-likeness (QED) is 0.808. The zero-order valence-corrected chi connectivity index (χ0v) is 11.1. The molecule has 1 saturated heterocycles. The highest BCUT2D eigenvalue weighted by Gasteiger charge is 2.39. The third-order valence-electron chi connectivity index (χ3n) is 4.10. The van der Waals surface area contributed by atoms with Crippen LogP contribution in [0, 0.1) is 17.8 Å². The van der Waals surface area contributed by atoms with Crippen LogP contribution in [0.4, 0.5) is 4.79 Å². The van der Waals surface area contributed by atoms with Gasteiger partial charge >= 0.3 is 12.0 Å². The van der Waals surface area contributed by atoms with Crippen LogP contribution in [0.15, 0.2) is 0 Å². The highest BCUT2D eigenvalue weighted by molar-refractivity contribution is 5.76. The van der Waals surface area contributed by atoms with Crippen molar-refractivity contribution in [3.8, 4) is 0 Å². The minimum atomic E-state index is -0.766. The lowest BCUT2D eigenvalue weighted by molar-refractivity contribution is -0.144. The summed E-state index contributed by atoms with van der Waals surface area (Å²) in [5, 5.41) is 8.91. The van der Waals surface area contributed by atoms with E-state index in [9.17, 15) is 9.59 Å². The van der Waals surface area contributed by atoms with E-state index in [1.165, 1.54) is 12.8 Å². The molecule has 2 fully saturated rings. The summed E-state index contributed by atoms with van der Waals surface area (Å²) in [5.74, 6) is -0.306. The van der Waals surface area contributed by atoms with Gasteiger partial charge in [-0.2, -0.15) is 0 Å². The molecule has 2 rings (SSSR count). The molecule has 102 valence electrons. The van der Waals surface area contributed by atoms with Crippen LogP contribution in [-0.2, 0) is 4.79 Å². The van der Waals surface area contributed by atoms with Gasteiger partial charge in [0, 0.05) is 32.1 Å². The Labute approximate surface area is 108 Å². The Bertz CT molecular complexity index is 335. The van der Waals surface area contributed by atoms with E-state index in [2.05, 4.69) is 0 Å². The number of urea groups is 1.